The van der Waals surface area contributed by atoms with Gasteiger partial charge in [0.1, 0.15) is 11.5 Å². The minimum atomic E-state index is 0.335. The second-order valence-corrected chi connectivity index (χ2v) is 5.82. The highest BCUT2D eigenvalue weighted by Crippen LogP contribution is 2.27. The molecule has 3 unspecified atom stereocenters. The van der Waals surface area contributed by atoms with Crippen molar-refractivity contribution in [1.29, 1.82) is 0 Å². The minimum absolute atomic E-state index is 0.335. The van der Waals surface area contributed by atoms with Crippen LogP contribution in [0.15, 0.2) is 16.5 Å². The molecule has 18 heavy (non-hydrogen) atoms. The molecule has 0 amide bonds. The standard InChI is InChI=1S/C16H27NO/c1-4-14-6-5-7-15(10-9-14)17-13(3)16-11-8-12(2)18-16/h8,11,13-15,17H,4-7,9-10H2,1-3H3. The molecule has 0 saturated heterocycles. The van der Waals surface area contributed by atoms with Crippen LogP contribution >= 0.6 is 0 Å². The summed E-state index contributed by atoms with van der Waals surface area (Å²) < 4.78 is 5.70. The van der Waals surface area contributed by atoms with Crippen LogP contribution in [0, 0.1) is 12.8 Å². The van der Waals surface area contributed by atoms with Crippen molar-refractivity contribution in [3.05, 3.63) is 23.7 Å². The topological polar surface area (TPSA) is 25.2 Å². The summed E-state index contributed by atoms with van der Waals surface area (Å²) in [6.45, 7) is 6.54. The predicted octanol–water partition coefficient (Wildman–Crippen LogP) is 4.60. The number of nitrogens with one attached hydrogen (secondary N) is 1. The van der Waals surface area contributed by atoms with E-state index in [4.69, 9.17) is 4.42 Å². The highest BCUT2D eigenvalue weighted by molar-refractivity contribution is 5.09. The molecule has 0 bridgehead atoms. The predicted molar refractivity (Wildman–Crippen MR) is 75.6 cm³/mol. The Morgan fingerprint density at radius 2 is 2.11 bits per heavy atom. The number of hydrogen-bond donors (Lipinski definition) is 1. The highest BCUT2D eigenvalue weighted by atomic mass is 16.3. The Balaban J connectivity index is 1.85. The molecular weight excluding hydrogens is 222 g/mol. The molecule has 1 N–H and O–H groups in total. The van der Waals surface area contributed by atoms with Crippen LogP contribution in [-0.2, 0) is 0 Å². The van der Waals surface area contributed by atoms with E-state index in [9.17, 15) is 0 Å². The van der Waals surface area contributed by atoms with E-state index < -0.39 is 0 Å². The Kier molecular flexibility index (Phi) is 4.87. The first-order chi connectivity index (χ1) is 8.69. The zero-order chi connectivity index (χ0) is 13.0. The fourth-order valence-corrected chi connectivity index (χ4v) is 3.08. The Labute approximate surface area is 111 Å². The van der Waals surface area contributed by atoms with Crippen LogP contribution in [0.4, 0.5) is 0 Å². The van der Waals surface area contributed by atoms with Crippen LogP contribution in [0.1, 0.15) is 69.9 Å². The molecule has 1 saturated carbocycles. The van der Waals surface area contributed by atoms with Gasteiger partial charge >= 0.3 is 0 Å². The van der Waals surface area contributed by atoms with Crippen molar-refractivity contribution in [1.82, 2.24) is 5.32 Å². The molecule has 1 aliphatic rings. The summed E-state index contributed by atoms with van der Waals surface area (Å²) in [5.41, 5.74) is 0. The fraction of sp³-hybridized carbons (Fsp3) is 0.750. The third kappa shape index (κ3) is 3.61. The molecule has 0 aromatic carbocycles. The van der Waals surface area contributed by atoms with Gasteiger partial charge in [-0.25, -0.2) is 0 Å². The van der Waals surface area contributed by atoms with Gasteiger partial charge in [0.15, 0.2) is 0 Å². The second-order valence-electron chi connectivity index (χ2n) is 5.82. The van der Waals surface area contributed by atoms with Crippen LogP contribution in [0.3, 0.4) is 0 Å². The third-order valence-corrected chi connectivity index (χ3v) is 4.34. The van der Waals surface area contributed by atoms with Gasteiger partial charge in [-0.2, -0.15) is 0 Å². The van der Waals surface area contributed by atoms with Gasteiger partial charge in [-0.3, -0.25) is 0 Å². The van der Waals surface area contributed by atoms with Crippen LogP contribution in [-0.4, -0.2) is 6.04 Å². The molecular formula is C16H27NO. The molecule has 102 valence electrons. The lowest BCUT2D eigenvalue weighted by Gasteiger charge is -2.21. The summed E-state index contributed by atoms with van der Waals surface area (Å²) in [6.07, 6.45) is 8.17. The smallest absolute Gasteiger partial charge is 0.120 e. The van der Waals surface area contributed by atoms with Gasteiger partial charge in [0.2, 0.25) is 0 Å². The summed E-state index contributed by atoms with van der Waals surface area (Å²) in [6, 6.07) is 5.15. The molecule has 1 aromatic rings. The van der Waals surface area contributed by atoms with Gasteiger partial charge in [-0.1, -0.05) is 26.2 Å². The molecule has 2 rings (SSSR count). The lowest BCUT2D eigenvalue weighted by molar-refractivity contribution is 0.356. The Bertz CT molecular complexity index is 358. The van der Waals surface area contributed by atoms with Gasteiger partial charge in [0.25, 0.3) is 0 Å². The van der Waals surface area contributed by atoms with Crippen molar-refractivity contribution < 1.29 is 4.42 Å². The van der Waals surface area contributed by atoms with E-state index in [-0.39, 0.29) is 0 Å². The van der Waals surface area contributed by atoms with E-state index in [1.165, 1.54) is 38.5 Å². The molecule has 1 aromatic heterocycles. The maximum absolute atomic E-state index is 5.70. The average molecular weight is 249 g/mol. The van der Waals surface area contributed by atoms with E-state index in [1.54, 1.807) is 0 Å². The second kappa shape index (κ2) is 6.42. The molecule has 0 radical (unpaired) electrons. The minimum Gasteiger partial charge on any atom is -0.465 e. The number of hydrogen-bond acceptors (Lipinski definition) is 2. The zero-order valence-corrected chi connectivity index (χ0v) is 12.0. The van der Waals surface area contributed by atoms with Crippen molar-refractivity contribution in [3.8, 4) is 0 Å². The summed E-state index contributed by atoms with van der Waals surface area (Å²) >= 11 is 0. The van der Waals surface area contributed by atoms with Crippen LogP contribution in [0.2, 0.25) is 0 Å². The maximum atomic E-state index is 5.70. The number of rotatable bonds is 4. The zero-order valence-electron chi connectivity index (χ0n) is 12.0. The molecule has 1 fully saturated rings. The number of furan rings is 1. The largest absolute Gasteiger partial charge is 0.465 e. The third-order valence-electron chi connectivity index (χ3n) is 4.34. The average Bonchev–Trinajstić information content (AvgIpc) is 2.67. The lowest BCUT2D eigenvalue weighted by atomic mass is 9.97. The summed E-state index contributed by atoms with van der Waals surface area (Å²) in [5.74, 6) is 3.03. The van der Waals surface area contributed by atoms with Crippen molar-refractivity contribution in [2.75, 3.05) is 0 Å². The normalized spacial score (nSPS) is 26.8. The van der Waals surface area contributed by atoms with Crippen LogP contribution in [0.5, 0.6) is 0 Å². The van der Waals surface area contributed by atoms with E-state index in [1.807, 2.05) is 13.0 Å². The van der Waals surface area contributed by atoms with Crippen molar-refractivity contribution >= 4 is 0 Å². The van der Waals surface area contributed by atoms with Crippen LogP contribution in [0.25, 0.3) is 0 Å². The first-order valence-electron chi connectivity index (χ1n) is 7.51. The quantitative estimate of drug-likeness (QED) is 0.789. The SMILES string of the molecule is CCC1CCCC(NC(C)c2ccc(C)o2)CC1. The van der Waals surface area contributed by atoms with Crippen LogP contribution < -0.4 is 5.32 Å². The van der Waals surface area contributed by atoms with Gasteiger partial charge in [-0.15, -0.1) is 0 Å². The molecule has 0 aliphatic heterocycles. The van der Waals surface area contributed by atoms with E-state index >= 15 is 0 Å². The van der Waals surface area contributed by atoms with E-state index in [2.05, 4.69) is 25.2 Å². The van der Waals surface area contributed by atoms with Gasteiger partial charge in [0, 0.05) is 6.04 Å². The van der Waals surface area contributed by atoms with Gasteiger partial charge in [0.05, 0.1) is 6.04 Å². The molecule has 1 aliphatic carbocycles. The summed E-state index contributed by atoms with van der Waals surface area (Å²) in [7, 11) is 0. The first kappa shape index (κ1) is 13.7. The van der Waals surface area contributed by atoms with Crippen molar-refractivity contribution in [2.45, 2.75) is 71.4 Å². The van der Waals surface area contributed by atoms with Crippen molar-refractivity contribution in [2.24, 2.45) is 5.92 Å². The maximum Gasteiger partial charge on any atom is 0.120 e. The first-order valence-corrected chi connectivity index (χ1v) is 7.51. The van der Waals surface area contributed by atoms with Crippen molar-refractivity contribution in [3.63, 3.8) is 0 Å². The number of aryl methyl sites for hydroxylation is 1. The highest BCUT2D eigenvalue weighted by Gasteiger charge is 2.20. The van der Waals surface area contributed by atoms with E-state index in [0.717, 1.165) is 17.4 Å². The molecule has 0 spiro atoms. The monoisotopic (exact) mass is 249 g/mol. The molecule has 2 heteroatoms. The fourth-order valence-electron chi connectivity index (χ4n) is 3.08. The summed E-state index contributed by atoms with van der Waals surface area (Å²) in [4.78, 5) is 0. The Morgan fingerprint density at radius 1 is 1.28 bits per heavy atom. The van der Waals surface area contributed by atoms with Gasteiger partial charge < -0.3 is 9.73 Å². The Morgan fingerprint density at radius 3 is 2.78 bits per heavy atom. The summed E-state index contributed by atoms with van der Waals surface area (Å²) in [5, 5.41) is 3.74. The van der Waals surface area contributed by atoms with E-state index in [0.29, 0.717) is 12.1 Å². The molecule has 2 nitrogen and oxygen atoms in total. The molecule has 1 heterocycles. The lowest BCUT2D eigenvalue weighted by Crippen LogP contribution is -2.30. The molecule has 3 atom stereocenters. The Hall–Kier alpha value is -0.760. The van der Waals surface area contributed by atoms with Gasteiger partial charge in [-0.05, 0) is 51.2 Å².